The Morgan fingerprint density at radius 1 is 1.35 bits per heavy atom. The maximum Gasteiger partial charge on any atom is 0.264 e. The molecule has 0 spiro atoms. The molecule has 0 unspecified atom stereocenters. The highest BCUT2D eigenvalue weighted by Crippen LogP contribution is 2.23. The maximum atomic E-state index is 11.9. The van der Waals surface area contributed by atoms with Gasteiger partial charge in [0.2, 0.25) is 0 Å². The molecular weight excluding hydrogens is 451 g/mol. The lowest BCUT2D eigenvalue weighted by molar-refractivity contribution is 0.834. The number of hydrogen-bond acceptors (Lipinski definition) is 3. The number of nitrogens with one attached hydrogen (secondary N) is 1. The normalized spacial score (nSPS) is 10.8. The Hall–Kier alpha value is -0.340. The van der Waals surface area contributed by atoms with E-state index in [4.69, 9.17) is 0 Å². The first-order valence-electron chi connectivity index (χ1n) is 6.26. The fraction of sp³-hybridized carbons (Fsp3) is 0.286. The molecule has 0 radical (unpaired) electrons. The Kier molecular flexibility index (Phi) is 6.10. The average Bonchev–Trinajstić information content (AvgIpc) is 2.44. The summed E-state index contributed by atoms with van der Waals surface area (Å²) in [4.78, 5) is 20.4. The van der Waals surface area contributed by atoms with Crippen LogP contribution in [0.2, 0.25) is 0 Å². The summed E-state index contributed by atoms with van der Waals surface area (Å²) in [6.07, 6.45) is 1.84. The highest BCUT2D eigenvalue weighted by atomic mass is 127. The second-order valence-electron chi connectivity index (χ2n) is 4.27. The van der Waals surface area contributed by atoms with Crippen molar-refractivity contribution in [3.63, 3.8) is 0 Å². The van der Waals surface area contributed by atoms with Crippen LogP contribution in [0.4, 0.5) is 0 Å². The number of rotatable bonds is 5. The predicted octanol–water partition coefficient (Wildman–Crippen LogP) is 4.38. The molecule has 1 aromatic carbocycles. The highest BCUT2D eigenvalue weighted by Gasteiger charge is 2.08. The number of aryl methyl sites for hydroxylation is 1. The van der Waals surface area contributed by atoms with Crippen LogP contribution in [0.5, 0.6) is 0 Å². The van der Waals surface area contributed by atoms with Gasteiger partial charge in [0.25, 0.3) is 5.56 Å². The second kappa shape index (κ2) is 7.61. The summed E-state index contributed by atoms with van der Waals surface area (Å²) in [6, 6.07) is 8.11. The summed E-state index contributed by atoms with van der Waals surface area (Å²) >= 11 is 7.15. The van der Waals surface area contributed by atoms with Crippen molar-refractivity contribution in [2.75, 3.05) is 0 Å². The Bertz CT molecular complexity index is 643. The minimum atomic E-state index is -0.0320. The van der Waals surface area contributed by atoms with Crippen LogP contribution >= 0.6 is 50.3 Å². The van der Waals surface area contributed by atoms with Crippen molar-refractivity contribution in [3.05, 3.63) is 54.2 Å². The molecule has 0 aliphatic carbocycles. The largest absolute Gasteiger partial charge is 0.309 e. The van der Waals surface area contributed by atoms with Crippen LogP contribution in [0.15, 0.2) is 38.4 Å². The number of halogens is 2. The average molecular weight is 465 g/mol. The zero-order valence-electron chi connectivity index (χ0n) is 11.0. The molecule has 0 bridgehead atoms. The second-order valence-corrected chi connectivity index (χ2v) is 7.31. The van der Waals surface area contributed by atoms with E-state index in [1.165, 1.54) is 0 Å². The summed E-state index contributed by atoms with van der Waals surface area (Å²) in [5, 5.41) is 0. The first-order chi connectivity index (χ1) is 9.60. The van der Waals surface area contributed by atoms with Crippen LogP contribution in [0.25, 0.3) is 0 Å². The topological polar surface area (TPSA) is 45.8 Å². The Morgan fingerprint density at radius 3 is 2.70 bits per heavy atom. The molecule has 1 aromatic heterocycles. The van der Waals surface area contributed by atoms with E-state index >= 15 is 0 Å². The van der Waals surface area contributed by atoms with E-state index in [2.05, 4.69) is 55.4 Å². The van der Waals surface area contributed by atoms with E-state index < -0.39 is 0 Å². The van der Waals surface area contributed by atoms with Gasteiger partial charge in [-0.3, -0.25) is 4.79 Å². The van der Waals surface area contributed by atoms with Crippen LogP contribution in [0.3, 0.4) is 0 Å². The molecule has 0 saturated carbocycles. The van der Waals surface area contributed by atoms with Crippen LogP contribution in [0, 0.1) is 3.57 Å². The van der Waals surface area contributed by atoms with E-state index in [9.17, 15) is 4.79 Å². The predicted molar refractivity (Wildman–Crippen MR) is 95.3 cm³/mol. The molecule has 0 aliphatic heterocycles. The summed E-state index contributed by atoms with van der Waals surface area (Å²) in [5.74, 6) is 1.41. The SMILES string of the molecule is CCCc1nc(CSc2ccc(Br)cc2)[nH]c(=O)c1I. The third-order valence-corrected chi connectivity index (χ3v) is 5.32. The molecule has 1 N–H and O–H groups in total. The lowest BCUT2D eigenvalue weighted by atomic mass is 10.2. The van der Waals surface area contributed by atoms with Crippen LogP contribution in [0.1, 0.15) is 24.9 Å². The van der Waals surface area contributed by atoms with Gasteiger partial charge in [-0.25, -0.2) is 4.98 Å². The minimum Gasteiger partial charge on any atom is -0.309 e. The van der Waals surface area contributed by atoms with Crippen molar-refractivity contribution < 1.29 is 0 Å². The van der Waals surface area contributed by atoms with Crippen molar-refractivity contribution in [3.8, 4) is 0 Å². The van der Waals surface area contributed by atoms with Crippen molar-refractivity contribution in [2.24, 2.45) is 0 Å². The van der Waals surface area contributed by atoms with Gasteiger partial charge in [0.1, 0.15) is 5.82 Å². The lowest BCUT2D eigenvalue weighted by Gasteiger charge is -2.06. The fourth-order valence-electron chi connectivity index (χ4n) is 1.71. The molecule has 106 valence electrons. The first-order valence-corrected chi connectivity index (χ1v) is 9.12. The maximum absolute atomic E-state index is 11.9. The Labute approximate surface area is 144 Å². The zero-order valence-corrected chi connectivity index (χ0v) is 15.5. The number of benzene rings is 1. The molecule has 20 heavy (non-hydrogen) atoms. The van der Waals surface area contributed by atoms with Crippen LogP contribution in [-0.2, 0) is 12.2 Å². The fourth-order valence-corrected chi connectivity index (χ4v) is 3.27. The molecule has 3 nitrogen and oxygen atoms in total. The molecule has 0 aliphatic rings. The number of nitrogens with zero attached hydrogens (tertiary/aromatic N) is 1. The molecule has 0 atom stereocenters. The highest BCUT2D eigenvalue weighted by molar-refractivity contribution is 14.1. The zero-order chi connectivity index (χ0) is 14.5. The van der Waals surface area contributed by atoms with Gasteiger partial charge < -0.3 is 4.98 Å². The Morgan fingerprint density at radius 2 is 2.05 bits per heavy atom. The monoisotopic (exact) mass is 464 g/mol. The quantitative estimate of drug-likeness (QED) is 0.527. The number of thioether (sulfide) groups is 1. The van der Waals surface area contributed by atoms with Crippen LogP contribution < -0.4 is 5.56 Å². The molecular formula is C14H14BrIN2OS. The van der Waals surface area contributed by atoms with Gasteiger partial charge in [-0.05, 0) is 53.3 Å². The van der Waals surface area contributed by atoms with E-state index in [0.717, 1.165) is 33.7 Å². The van der Waals surface area contributed by atoms with Crippen LogP contribution in [-0.4, -0.2) is 9.97 Å². The molecule has 0 fully saturated rings. The van der Waals surface area contributed by atoms with Crippen molar-refractivity contribution in [1.82, 2.24) is 9.97 Å². The van der Waals surface area contributed by atoms with Gasteiger partial charge >= 0.3 is 0 Å². The molecule has 1 heterocycles. The Balaban J connectivity index is 2.13. The van der Waals surface area contributed by atoms with E-state index in [1.54, 1.807) is 11.8 Å². The molecule has 2 aromatic rings. The van der Waals surface area contributed by atoms with Gasteiger partial charge in [0.15, 0.2) is 0 Å². The molecule has 2 rings (SSSR count). The van der Waals surface area contributed by atoms with E-state index in [1.807, 2.05) is 24.3 Å². The van der Waals surface area contributed by atoms with E-state index in [-0.39, 0.29) is 5.56 Å². The molecule has 0 amide bonds. The smallest absolute Gasteiger partial charge is 0.264 e. The van der Waals surface area contributed by atoms with Crippen molar-refractivity contribution >= 4 is 50.3 Å². The van der Waals surface area contributed by atoms with Crippen molar-refractivity contribution in [2.45, 2.75) is 30.4 Å². The number of H-pyrrole nitrogens is 1. The summed E-state index contributed by atoms with van der Waals surface area (Å²) in [5.41, 5.74) is 0.874. The first kappa shape index (κ1) is 16.0. The summed E-state index contributed by atoms with van der Waals surface area (Å²) < 4.78 is 1.77. The number of aromatic nitrogens is 2. The number of hydrogen-bond donors (Lipinski definition) is 1. The molecule has 0 saturated heterocycles. The van der Waals surface area contributed by atoms with Gasteiger partial charge in [0, 0.05) is 9.37 Å². The standard InChI is InChI=1S/C14H14BrIN2OS/c1-2-3-11-13(16)14(19)18-12(17-11)8-20-10-6-4-9(15)5-7-10/h4-7H,2-3,8H2,1H3,(H,17,18,19). The van der Waals surface area contributed by atoms with E-state index in [0.29, 0.717) is 9.32 Å². The van der Waals surface area contributed by atoms with Gasteiger partial charge in [-0.1, -0.05) is 29.3 Å². The molecule has 6 heteroatoms. The van der Waals surface area contributed by atoms with Gasteiger partial charge in [-0.15, -0.1) is 11.8 Å². The summed E-state index contributed by atoms with van der Waals surface area (Å²) in [6.45, 7) is 2.09. The lowest BCUT2D eigenvalue weighted by Crippen LogP contribution is -2.17. The third-order valence-electron chi connectivity index (χ3n) is 2.66. The third kappa shape index (κ3) is 4.33. The van der Waals surface area contributed by atoms with Gasteiger partial charge in [0.05, 0.1) is 15.0 Å². The minimum absolute atomic E-state index is 0.0320. The van der Waals surface area contributed by atoms with Crippen molar-refractivity contribution in [1.29, 1.82) is 0 Å². The summed E-state index contributed by atoms with van der Waals surface area (Å²) in [7, 11) is 0. The van der Waals surface area contributed by atoms with Gasteiger partial charge in [-0.2, -0.15) is 0 Å². The number of aromatic amines is 1.